The second kappa shape index (κ2) is 7.48. The number of aryl methyl sites for hydroxylation is 1. The molecule has 2 aliphatic heterocycles. The van der Waals surface area contributed by atoms with E-state index in [-0.39, 0.29) is 5.54 Å². The zero-order valence-corrected chi connectivity index (χ0v) is 17.3. The van der Waals surface area contributed by atoms with E-state index in [0.717, 1.165) is 41.5 Å². The molecule has 0 unspecified atom stereocenters. The molecule has 6 nitrogen and oxygen atoms in total. The highest BCUT2D eigenvalue weighted by Crippen LogP contribution is 2.31. The summed E-state index contributed by atoms with van der Waals surface area (Å²) >= 11 is 1.90. The third-order valence-corrected chi connectivity index (χ3v) is 6.56. The molecular weight excluding hydrogens is 382 g/mol. The zero-order valence-electron chi connectivity index (χ0n) is 16.5. The van der Waals surface area contributed by atoms with Crippen molar-refractivity contribution in [1.29, 1.82) is 0 Å². The van der Waals surface area contributed by atoms with Crippen molar-refractivity contribution in [2.75, 3.05) is 42.3 Å². The molecule has 0 amide bonds. The number of thioether (sulfide) groups is 1. The fraction of sp³-hybridized carbons (Fsp3) is 0.364. The van der Waals surface area contributed by atoms with Crippen LogP contribution in [0.1, 0.15) is 11.1 Å². The van der Waals surface area contributed by atoms with E-state index in [1.54, 1.807) is 0 Å². The van der Waals surface area contributed by atoms with E-state index in [1.807, 2.05) is 11.8 Å². The van der Waals surface area contributed by atoms with Crippen LogP contribution in [-0.2, 0) is 11.3 Å². The molecule has 3 aromatic rings. The van der Waals surface area contributed by atoms with Gasteiger partial charge in [-0.15, -0.1) is 11.8 Å². The SMILES string of the molecule is Cc1ccc2nc(N3CCSc4ccccc4C3)nc(NCC3(N)COC3)c2c1. The Kier molecular flexibility index (Phi) is 4.81. The fourth-order valence-corrected chi connectivity index (χ4v) is 4.75. The van der Waals surface area contributed by atoms with Gasteiger partial charge in [0.2, 0.25) is 5.95 Å². The van der Waals surface area contributed by atoms with Crippen molar-refractivity contribution < 1.29 is 4.74 Å². The van der Waals surface area contributed by atoms with Gasteiger partial charge in [-0.05, 0) is 30.7 Å². The van der Waals surface area contributed by atoms with Crippen LogP contribution in [0, 0.1) is 6.92 Å². The number of ether oxygens (including phenoxy) is 1. The second-order valence-corrected chi connectivity index (χ2v) is 9.12. The smallest absolute Gasteiger partial charge is 0.228 e. The molecule has 0 spiro atoms. The maximum Gasteiger partial charge on any atom is 0.228 e. The summed E-state index contributed by atoms with van der Waals surface area (Å²) in [5.41, 5.74) is 9.47. The number of aromatic nitrogens is 2. The summed E-state index contributed by atoms with van der Waals surface area (Å²) in [5.74, 6) is 2.62. The van der Waals surface area contributed by atoms with Crippen LogP contribution in [0.15, 0.2) is 47.4 Å². The summed E-state index contributed by atoms with van der Waals surface area (Å²) in [4.78, 5) is 13.5. The lowest BCUT2D eigenvalue weighted by Gasteiger charge is -2.38. The van der Waals surface area contributed by atoms with E-state index in [9.17, 15) is 0 Å². The zero-order chi connectivity index (χ0) is 19.8. The molecule has 0 radical (unpaired) electrons. The summed E-state index contributed by atoms with van der Waals surface area (Å²) in [5, 5.41) is 4.51. The van der Waals surface area contributed by atoms with Gasteiger partial charge in [0.15, 0.2) is 0 Å². The van der Waals surface area contributed by atoms with Gasteiger partial charge >= 0.3 is 0 Å². The number of rotatable bonds is 4. The number of nitrogens with two attached hydrogens (primary N) is 1. The number of fused-ring (bicyclic) bond motifs is 2. The first-order valence-electron chi connectivity index (χ1n) is 9.94. The van der Waals surface area contributed by atoms with Crippen LogP contribution < -0.4 is 16.0 Å². The first-order valence-corrected chi connectivity index (χ1v) is 10.9. The lowest BCUT2D eigenvalue weighted by Crippen LogP contribution is -2.61. The summed E-state index contributed by atoms with van der Waals surface area (Å²) in [7, 11) is 0. The molecule has 5 rings (SSSR count). The van der Waals surface area contributed by atoms with Crippen molar-refractivity contribution in [2.24, 2.45) is 5.73 Å². The van der Waals surface area contributed by atoms with Crippen molar-refractivity contribution >= 4 is 34.4 Å². The van der Waals surface area contributed by atoms with Crippen LogP contribution in [-0.4, -0.2) is 47.6 Å². The van der Waals surface area contributed by atoms with Gasteiger partial charge in [0.05, 0.1) is 24.3 Å². The van der Waals surface area contributed by atoms with Gasteiger partial charge in [0.25, 0.3) is 0 Å². The molecule has 150 valence electrons. The van der Waals surface area contributed by atoms with Crippen molar-refractivity contribution in [3.8, 4) is 0 Å². The highest BCUT2D eigenvalue weighted by molar-refractivity contribution is 7.99. The van der Waals surface area contributed by atoms with E-state index >= 15 is 0 Å². The van der Waals surface area contributed by atoms with Crippen LogP contribution in [0.2, 0.25) is 0 Å². The summed E-state index contributed by atoms with van der Waals surface area (Å²) in [6.45, 7) is 5.60. The van der Waals surface area contributed by atoms with Crippen LogP contribution in [0.25, 0.3) is 10.9 Å². The molecule has 0 atom stereocenters. The quantitative estimate of drug-likeness (QED) is 0.688. The molecule has 7 heteroatoms. The standard InChI is InChI=1S/C22H25N5OS/c1-15-6-7-18-17(10-15)20(24-12-22(23)13-28-14-22)26-21(25-18)27-8-9-29-19-5-3-2-4-16(19)11-27/h2-7,10H,8-9,11-14,23H2,1H3,(H,24,25,26). The van der Waals surface area contributed by atoms with Gasteiger partial charge < -0.3 is 20.7 Å². The molecular formula is C22H25N5OS. The largest absolute Gasteiger partial charge is 0.377 e. The number of hydrogen-bond donors (Lipinski definition) is 2. The minimum atomic E-state index is -0.320. The molecule has 1 aromatic heterocycles. The third-order valence-electron chi connectivity index (χ3n) is 5.46. The summed E-state index contributed by atoms with van der Waals surface area (Å²) in [6.07, 6.45) is 0. The fourth-order valence-electron chi connectivity index (χ4n) is 3.73. The minimum absolute atomic E-state index is 0.320. The van der Waals surface area contributed by atoms with Crippen LogP contribution >= 0.6 is 11.8 Å². The molecule has 3 N–H and O–H groups in total. The molecule has 3 heterocycles. The lowest BCUT2D eigenvalue weighted by atomic mass is 9.99. The molecule has 29 heavy (non-hydrogen) atoms. The van der Waals surface area contributed by atoms with Gasteiger partial charge in [0, 0.05) is 35.7 Å². The van der Waals surface area contributed by atoms with Crippen molar-refractivity contribution in [3.05, 3.63) is 53.6 Å². The van der Waals surface area contributed by atoms with Crippen molar-refractivity contribution in [2.45, 2.75) is 23.9 Å². The van der Waals surface area contributed by atoms with E-state index in [2.05, 4.69) is 59.6 Å². The Morgan fingerprint density at radius 1 is 1.21 bits per heavy atom. The Bertz CT molecular complexity index is 1050. The minimum Gasteiger partial charge on any atom is -0.377 e. The van der Waals surface area contributed by atoms with Crippen molar-refractivity contribution in [3.63, 3.8) is 0 Å². The molecule has 2 aliphatic rings. The maximum absolute atomic E-state index is 6.34. The van der Waals surface area contributed by atoms with Gasteiger partial charge in [-0.25, -0.2) is 4.98 Å². The molecule has 0 bridgehead atoms. The Labute approximate surface area is 174 Å². The van der Waals surface area contributed by atoms with Crippen LogP contribution in [0.3, 0.4) is 0 Å². The van der Waals surface area contributed by atoms with Gasteiger partial charge in [-0.3, -0.25) is 0 Å². The van der Waals surface area contributed by atoms with E-state index < -0.39 is 0 Å². The normalized spacial score (nSPS) is 18.1. The first-order chi connectivity index (χ1) is 14.1. The van der Waals surface area contributed by atoms with Crippen LogP contribution in [0.5, 0.6) is 0 Å². The Morgan fingerprint density at radius 2 is 2.07 bits per heavy atom. The van der Waals surface area contributed by atoms with E-state index in [4.69, 9.17) is 20.4 Å². The number of hydrogen-bond acceptors (Lipinski definition) is 7. The average Bonchev–Trinajstić information content (AvgIpc) is 2.93. The summed E-state index contributed by atoms with van der Waals surface area (Å²) in [6, 6.07) is 14.9. The molecule has 0 saturated carbocycles. The Hall–Kier alpha value is -2.35. The Balaban J connectivity index is 1.51. The topological polar surface area (TPSA) is 76.3 Å². The number of nitrogens with one attached hydrogen (secondary N) is 1. The third kappa shape index (κ3) is 3.77. The number of benzene rings is 2. The number of anilines is 2. The monoisotopic (exact) mass is 407 g/mol. The Morgan fingerprint density at radius 3 is 2.90 bits per heavy atom. The van der Waals surface area contributed by atoms with Gasteiger partial charge in [-0.1, -0.05) is 29.8 Å². The van der Waals surface area contributed by atoms with Crippen molar-refractivity contribution in [1.82, 2.24) is 9.97 Å². The first kappa shape index (κ1) is 18.7. The van der Waals surface area contributed by atoms with E-state index in [0.29, 0.717) is 19.8 Å². The number of nitrogens with zero attached hydrogens (tertiary/aromatic N) is 3. The van der Waals surface area contributed by atoms with Gasteiger partial charge in [0.1, 0.15) is 5.82 Å². The lowest BCUT2D eigenvalue weighted by molar-refractivity contribution is -0.0461. The highest BCUT2D eigenvalue weighted by Gasteiger charge is 2.34. The maximum atomic E-state index is 6.34. The second-order valence-electron chi connectivity index (χ2n) is 7.98. The van der Waals surface area contributed by atoms with Crippen LogP contribution in [0.4, 0.5) is 11.8 Å². The molecule has 1 saturated heterocycles. The predicted molar refractivity (Wildman–Crippen MR) is 119 cm³/mol. The summed E-state index contributed by atoms with van der Waals surface area (Å²) < 4.78 is 5.29. The predicted octanol–water partition coefficient (Wildman–Crippen LogP) is 3.19. The molecule has 0 aliphatic carbocycles. The average molecular weight is 408 g/mol. The molecule has 1 fully saturated rings. The van der Waals surface area contributed by atoms with E-state index in [1.165, 1.54) is 16.0 Å². The molecule has 2 aromatic carbocycles. The highest BCUT2D eigenvalue weighted by atomic mass is 32.2. The van der Waals surface area contributed by atoms with Gasteiger partial charge in [-0.2, -0.15) is 4.98 Å².